The predicted octanol–water partition coefficient (Wildman–Crippen LogP) is 0.971. The smallest absolute Gasteiger partial charge is 0.188 e. The minimum atomic E-state index is 0.0404. The standard InChI is InChI=1S/C11H18N4OS/c1-15(5-6-17-2)8-9-3-4-13-10(7-9)11(12)14-16/h3-4,7,16H,5-6,8H2,1-2H3,(H2,12,14). The molecule has 0 spiro atoms. The van der Waals surface area contributed by atoms with Crippen LogP contribution < -0.4 is 5.73 Å². The van der Waals surface area contributed by atoms with Crippen LogP contribution >= 0.6 is 11.8 Å². The molecule has 0 aliphatic heterocycles. The van der Waals surface area contributed by atoms with Crippen LogP contribution in [0.4, 0.5) is 0 Å². The van der Waals surface area contributed by atoms with E-state index in [0.29, 0.717) is 5.69 Å². The monoisotopic (exact) mass is 254 g/mol. The first-order valence-corrected chi connectivity index (χ1v) is 6.67. The maximum absolute atomic E-state index is 8.59. The van der Waals surface area contributed by atoms with Crippen molar-refractivity contribution in [3.05, 3.63) is 29.6 Å². The molecular weight excluding hydrogens is 236 g/mol. The van der Waals surface area contributed by atoms with Gasteiger partial charge in [-0.15, -0.1) is 0 Å². The van der Waals surface area contributed by atoms with Crippen molar-refractivity contribution < 1.29 is 5.21 Å². The van der Waals surface area contributed by atoms with E-state index in [1.807, 2.05) is 23.9 Å². The number of oxime groups is 1. The lowest BCUT2D eigenvalue weighted by Gasteiger charge is -2.16. The third-order valence-corrected chi connectivity index (χ3v) is 2.91. The van der Waals surface area contributed by atoms with Gasteiger partial charge in [0.2, 0.25) is 0 Å². The van der Waals surface area contributed by atoms with E-state index in [9.17, 15) is 0 Å². The van der Waals surface area contributed by atoms with Gasteiger partial charge in [0.1, 0.15) is 5.69 Å². The number of hydrogen-bond acceptors (Lipinski definition) is 5. The van der Waals surface area contributed by atoms with E-state index in [1.165, 1.54) is 0 Å². The van der Waals surface area contributed by atoms with Gasteiger partial charge in [0.25, 0.3) is 0 Å². The predicted molar refractivity (Wildman–Crippen MR) is 71.5 cm³/mol. The van der Waals surface area contributed by atoms with Crippen LogP contribution in [0, 0.1) is 0 Å². The molecule has 1 aromatic rings. The van der Waals surface area contributed by atoms with Gasteiger partial charge >= 0.3 is 0 Å². The van der Waals surface area contributed by atoms with Gasteiger partial charge in [-0.05, 0) is 31.0 Å². The van der Waals surface area contributed by atoms with Gasteiger partial charge in [-0.3, -0.25) is 4.98 Å². The first-order chi connectivity index (χ1) is 8.17. The zero-order valence-corrected chi connectivity index (χ0v) is 10.9. The topological polar surface area (TPSA) is 74.7 Å². The minimum Gasteiger partial charge on any atom is -0.409 e. The van der Waals surface area contributed by atoms with Crippen molar-refractivity contribution in [3.63, 3.8) is 0 Å². The summed E-state index contributed by atoms with van der Waals surface area (Å²) in [5.74, 6) is 1.15. The second-order valence-electron chi connectivity index (χ2n) is 3.77. The lowest BCUT2D eigenvalue weighted by molar-refractivity contribution is 0.318. The summed E-state index contributed by atoms with van der Waals surface area (Å²) < 4.78 is 0. The van der Waals surface area contributed by atoms with Crippen LogP contribution in [0.25, 0.3) is 0 Å². The molecule has 17 heavy (non-hydrogen) atoms. The van der Waals surface area contributed by atoms with E-state index in [2.05, 4.69) is 28.3 Å². The zero-order valence-electron chi connectivity index (χ0n) is 10.1. The molecule has 0 fully saturated rings. The van der Waals surface area contributed by atoms with Crippen molar-refractivity contribution in [1.29, 1.82) is 0 Å². The van der Waals surface area contributed by atoms with Crippen molar-refractivity contribution >= 4 is 17.6 Å². The maximum Gasteiger partial charge on any atom is 0.188 e. The molecule has 0 amide bonds. The molecule has 0 aliphatic rings. The number of hydrogen-bond donors (Lipinski definition) is 2. The summed E-state index contributed by atoms with van der Waals surface area (Å²) in [5, 5.41) is 11.5. The van der Waals surface area contributed by atoms with E-state index < -0.39 is 0 Å². The summed E-state index contributed by atoms with van der Waals surface area (Å²) in [6, 6.07) is 3.77. The van der Waals surface area contributed by atoms with Gasteiger partial charge in [-0.1, -0.05) is 5.16 Å². The van der Waals surface area contributed by atoms with Crippen molar-refractivity contribution in [3.8, 4) is 0 Å². The summed E-state index contributed by atoms with van der Waals surface area (Å²) in [6.07, 6.45) is 3.77. The molecule has 0 saturated heterocycles. The van der Waals surface area contributed by atoms with E-state index in [4.69, 9.17) is 10.9 Å². The second-order valence-corrected chi connectivity index (χ2v) is 4.75. The average Bonchev–Trinajstić information content (AvgIpc) is 2.35. The molecule has 94 valence electrons. The fourth-order valence-corrected chi connectivity index (χ4v) is 1.90. The lowest BCUT2D eigenvalue weighted by Crippen LogP contribution is -2.21. The molecule has 5 nitrogen and oxygen atoms in total. The van der Waals surface area contributed by atoms with Crippen LogP contribution in [0.1, 0.15) is 11.3 Å². The Kier molecular flexibility index (Phi) is 5.79. The number of thioether (sulfide) groups is 1. The molecule has 0 saturated carbocycles. The van der Waals surface area contributed by atoms with Crippen LogP contribution in [0.5, 0.6) is 0 Å². The van der Waals surface area contributed by atoms with E-state index >= 15 is 0 Å². The normalized spacial score (nSPS) is 12.1. The third-order valence-electron chi connectivity index (χ3n) is 2.32. The molecule has 1 aromatic heterocycles. The van der Waals surface area contributed by atoms with Crippen LogP contribution in [-0.2, 0) is 6.54 Å². The van der Waals surface area contributed by atoms with Crippen molar-refractivity contribution in [1.82, 2.24) is 9.88 Å². The summed E-state index contributed by atoms with van der Waals surface area (Å²) in [4.78, 5) is 6.27. The molecule has 0 radical (unpaired) electrons. The van der Waals surface area contributed by atoms with Crippen LogP contribution in [0.3, 0.4) is 0 Å². The molecule has 3 N–H and O–H groups in total. The van der Waals surface area contributed by atoms with Gasteiger partial charge in [-0.25, -0.2) is 0 Å². The molecular formula is C11H18N4OS. The van der Waals surface area contributed by atoms with Crippen LogP contribution in [0.2, 0.25) is 0 Å². The Morgan fingerprint density at radius 1 is 1.65 bits per heavy atom. The van der Waals surface area contributed by atoms with Crippen LogP contribution in [0.15, 0.2) is 23.5 Å². The Balaban J connectivity index is 2.65. The molecule has 0 bridgehead atoms. The van der Waals surface area contributed by atoms with E-state index in [0.717, 1.165) is 24.4 Å². The number of nitrogens with two attached hydrogens (primary N) is 1. The highest BCUT2D eigenvalue weighted by Gasteiger charge is 2.04. The number of aromatic nitrogens is 1. The number of nitrogens with zero attached hydrogens (tertiary/aromatic N) is 3. The summed E-state index contributed by atoms with van der Waals surface area (Å²) in [7, 11) is 2.07. The van der Waals surface area contributed by atoms with Crippen LogP contribution in [-0.4, -0.2) is 46.5 Å². The lowest BCUT2D eigenvalue weighted by atomic mass is 10.2. The zero-order chi connectivity index (χ0) is 12.7. The Bertz CT molecular complexity index is 383. The van der Waals surface area contributed by atoms with Crippen molar-refractivity contribution in [2.45, 2.75) is 6.54 Å². The molecule has 0 unspecified atom stereocenters. The highest BCUT2D eigenvalue weighted by molar-refractivity contribution is 7.98. The Labute approximate surface area is 106 Å². The first-order valence-electron chi connectivity index (χ1n) is 5.27. The van der Waals surface area contributed by atoms with E-state index in [-0.39, 0.29) is 5.84 Å². The van der Waals surface area contributed by atoms with E-state index in [1.54, 1.807) is 6.20 Å². The Morgan fingerprint density at radius 2 is 2.41 bits per heavy atom. The van der Waals surface area contributed by atoms with Gasteiger partial charge in [-0.2, -0.15) is 11.8 Å². The average molecular weight is 254 g/mol. The van der Waals surface area contributed by atoms with Gasteiger partial charge in [0.15, 0.2) is 5.84 Å². The summed E-state index contributed by atoms with van der Waals surface area (Å²) in [5.41, 5.74) is 7.10. The van der Waals surface area contributed by atoms with Gasteiger partial charge in [0, 0.05) is 25.0 Å². The molecule has 1 rings (SSSR count). The minimum absolute atomic E-state index is 0.0404. The van der Waals surface area contributed by atoms with Gasteiger partial charge < -0.3 is 15.8 Å². The largest absolute Gasteiger partial charge is 0.409 e. The Morgan fingerprint density at radius 3 is 3.06 bits per heavy atom. The SMILES string of the molecule is CSCCN(C)Cc1ccnc(/C(N)=N/O)c1. The quantitative estimate of drug-likeness (QED) is 0.342. The number of amidine groups is 1. The molecule has 0 aliphatic carbocycles. The first kappa shape index (κ1) is 13.8. The third kappa shape index (κ3) is 4.62. The molecule has 1 heterocycles. The Hall–Kier alpha value is -1.27. The number of rotatable bonds is 6. The van der Waals surface area contributed by atoms with Gasteiger partial charge in [0.05, 0.1) is 0 Å². The molecule has 0 atom stereocenters. The van der Waals surface area contributed by atoms with Crippen molar-refractivity contribution in [2.75, 3.05) is 25.6 Å². The van der Waals surface area contributed by atoms with Crippen molar-refractivity contribution in [2.24, 2.45) is 10.9 Å². The fourth-order valence-electron chi connectivity index (χ4n) is 1.40. The summed E-state index contributed by atoms with van der Waals surface area (Å²) >= 11 is 1.83. The highest BCUT2D eigenvalue weighted by atomic mass is 32.2. The second kappa shape index (κ2) is 7.13. The maximum atomic E-state index is 8.59. The molecule has 0 aromatic carbocycles. The summed E-state index contributed by atoms with van der Waals surface area (Å²) in [6.45, 7) is 1.86. The highest BCUT2D eigenvalue weighted by Crippen LogP contribution is 2.05. The molecule has 6 heteroatoms. The number of pyridine rings is 1. The fraction of sp³-hybridized carbons (Fsp3) is 0.455.